The first-order valence-corrected chi connectivity index (χ1v) is 17.2. The van der Waals surface area contributed by atoms with E-state index in [-0.39, 0.29) is 6.09 Å². The second kappa shape index (κ2) is 16.8. The van der Waals surface area contributed by atoms with Crippen LogP contribution in [0.3, 0.4) is 0 Å². The van der Waals surface area contributed by atoms with E-state index in [9.17, 15) is 14.4 Å². The van der Waals surface area contributed by atoms with Crippen LogP contribution in [0.2, 0.25) is 25.7 Å². The Morgan fingerprint density at radius 2 is 1.19 bits per heavy atom. The molecule has 10 nitrogen and oxygen atoms in total. The van der Waals surface area contributed by atoms with E-state index in [4.69, 9.17) is 19.9 Å². The van der Waals surface area contributed by atoms with Gasteiger partial charge in [0.1, 0.15) is 11.2 Å². The monoisotopic (exact) mass is 546 g/mol. The topological polar surface area (TPSA) is 123 Å². The van der Waals surface area contributed by atoms with Crippen molar-refractivity contribution < 1.29 is 28.6 Å². The van der Waals surface area contributed by atoms with Crippen molar-refractivity contribution in [1.29, 1.82) is 0 Å². The normalized spacial score (nSPS) is 12.1. The predicted molar refractivity (Wildman–Crippen MR) is 151 cm³/mol. The highest BCUT2D eigenvalue weighted by atomic mass is 28.3. The van der Waals surface area contributed by atoms with E-state index >= 15 is 0 Å². The first kappa shape index (κ1) is 35.0. The summed E-state index contributed by atoms with van der Waals surface area (Å²) in [6.07, 6.45) is 1.48. The fourth-order valence-corrected chi connectivity index (χ4v) is 3.80. The second-order valence-corrected chi connectivity index (χ2v) is 18.1. The largest absolute Gasteiger partial charge is 0.450 e. The Kier molecular flexibility index (Phi) is 15.8. The summed E-state index contributed by atoms with van der Waals surface area (Å²) >= 11 is 0. The van der Waals surface area contributed by atoms with Crippen molar-refractivity contribution in [3.05, 3.63) is 0 Å². The molecule has 0 radical (unpaired) electrons. The molecule has 0 aliphatic carbocycles. The van der Waals surface area contributed by atoms with Crippen LogP contribution in [0.4, 0.5) is 14.4 Å². The minimum absolute atomic E-state index is 0.354. The zero-order chi connectivity index (χ0) is 28.7. The zero-order valence-electron chi connectivity index (χ0n) is 24.9. The number of nitrogens with one attached hydrogen (secondary N) is 1. The smallest absolute Gasteiger partial charge is 0.410 e. The Bertz CT molecular complexity index is 686. The van der Waals surface area contributed by atoms with Gasteiger partial charge in [0, 0.05) is 40.8 Å². The van der Waals surface area contributed by atoms with Crippen LogP contribution in [0.1, 0.15) is 67.2 Å². The first-order chi connectivity index (χ1) is 16.9. The van der Waals surface area contributed by atoms with Gasteiger partial charge in [-0.3, -0.25) is 0 Å². The Balaban J connectivity index is 4.75. The Hall–Kier alpha value is -2.01. The number of nitrogens with two attached hydrogens (primary N) is 1. The molecule has 0 saturated carbocycles. The molecule has 0 unspecified atom stereocenters. The van der Waals surface area contributed by atoms with Crippen molar-refractivity contribution in [3.8, 4) is 0 Å². The number of hydrogen-bond acceptors (Lipinski definition) is 7. The third-order valence-electron chi connectivity index (χ3n) is 5.00. The standard InChI is InChI=1S/C26H54N4O6Si/c1-25(2,3)35-23(32)29(18-12-14-27)16-10-11-17-30(24(33)36-26(4,5)6)19-13-15-28-22(31)34-20-21-37(7,8)9/h10-21,27H2,1-9H3,(H,28,31). The van der Waals surface area contributed by atoms with Crippen molar-refractivity contribution in [2.24, 2.45) is 5.73 Å². The van der Waals surface area contributed by atoms with Gasteiger partial charge in [-0.1, -0.05) is 19.6 Å². The summed E-state index contributed by atoms with van der Waals surface area (Å²) in [4.78, 5) is 40.5. The second-order valence-electron chi connectivity index (χ2n) is 12.5. The lowest BCUT2D eigenvalue weighted by Crippen LogP contribution is -2.40. The number of carbonyl (C=O) groups excluding carboxylic acids is 3. The number of hydrogen-bond donors (Lipinski definition) is 2. The first-order valence-electron chi connectivity index (χ1n) is 13.5. The van der Waals surface area contributed by atoms with Gasteiger partial charge in [0.25, 0.3) is 0 Å². The van der Waals surface area contributed by atoms with Gasteiger partial charge < -0.3 is 35.1 Å². The van der Waals surface area contributed by atoms with E-state index in [0.29, 0.717) is 71.6 Å². The molecule has 37 heavy (non-hydrogen) atoms. The van der Waals surface area contributed by atoms with Crippen molar-refractivity contribution >= 4 is 26.4 Å². The molecule has 0 aliphatic heterocycles. The highest BCUT2D eigenvalue weighted by molar-refractivity contribution is 6.76. The molecule has 11 heteroatoms. The average Bonchev–Trinajstić information content (AvgIpc) is 2.70. The molecule has 0 aromatic carbocycles. The molecule has 0 fully saturated rings. The van der Waals surface area contributed by atoms with Gasteiger partial charge in [0.05, 0.1) is 6.61 Å². The van der Waals surface area contributed by atoms with Gasteiger partial charge >= 0.3 is 18.3 Å². The molecular weight excluding hydrogens is 492 g/mol. The lowest BCUT2D eigenvalue weighted by molar-refractivity contribution is 0.0208. The van der Waals surface area contributed by atoms with E-state index in [1.165, 1.54) is 0 Å². The molecule has 3 amide bonds. The molecule has 0 spiro atoms. The average molecular weight is 547 g/mol. The van der Waals surface area contributed by atoms with Crippen LogP contribution < -0.4 is 11.1 Å². The number of nitrogens with zero attached hydrogens (tertiary/aromatic N) is 2. The lowest BCUT2D eigenvalue weighted by atomic mass is 10.2. The minimum Gasteiger partial charge on any atom is -0.450 e. The Morgan fingerprint density at radius 3 is 1.59 bits per heavy atom. The fourth-order valence-electron chi connectivity index (χ4n) is 3.09. The number of amides is 3. The molecule has 0 aromatic rings. The van der Waals surface area contributed by atoms with Crippen molar-refractivity contribution in [2.75, 3.05) is 45.9 Å². The zero-order valence-corrected chi connectivity index (χ0v) is 25.9. The summed E-state index contributed by atoms with van der Waals surface area (Å²) in [5, 5.41) is 2.75. The van der Waals surface area contributed by atoms with Gasteiger partial charge in [0.2, 0.25) is 0 Å². The Labute approximate surface area is 225 Å². The molecule has 218 valence electrons. The van der Waals surface area contributed by atoms with Crippen LogP contribution in [-0.4, -0.2) is 93.2 Å². The molecule has 0 saturated heterocycles. The van der Waals surface area contributed by atoms with Crippen LogP contribution >= 0.6 is 0 Å². The minimum atomic E-state index is -1.25. The maximum atomic E-state index is 12.8. The summed E-state index contributed by atoms with van der Waals surface area (Å²) in [7, 11) is -1.25. The Morgan fingerprint density at radius 1 is 0.757 bits per heavy atom. The van der Waals surface area contributed by atoms with E-state index in [2.05, 4.69) is 25.0 Å². The van der Waals surface area contributed by atoms with E-state index in [1.54, 1.807) is 9.80 Å². The number of carbonyl (C=O) groups is 3. The third-order valence-corrected chi connectivity index (χ3v) is 6.71. The van der Waals surface area contributed by atoms with E-state index < -0.39 is 31.5 Å². The molecule has 0 atom stereocenters. The summed E-state index contributed by atoms with van der Waals surface area (Å²) in [5.41, 5.74) is 4.45. The number of ether oxygens (including phenoxy) is 3. The predicted octanol–water partition coefficient (Wildman–Crippen LogP) is 5.04. The number of rotatable bonds is 15. The molecule has 0 aromatic heterocycles. The maximum Gasteiger partial charge on any atom is 0.410 e. The highest BCUT2D eigenvalue weighted by Crippen LogP contribution is 2.13. The SMILES string of the molecule is CC(C)(C)OC(=O)N(CCCN)CCCCN(CCCNC(=O)OCC[Si](C)(C)C)C(=O)OC(C)(C)C. The van der Waals surface area contributed by atoms with Gasteiger partial charge in [0.15, 0.2) is 0 Å². The summed E-state index contributed by atoms with van der Waals surface area (Å²) in [6, 6.07) is 0.921. The molecule has 0 rings (SSSR count). The lowest BCUT2D eigenvalue weighted by Gasteiger charge is -2.29. The third kappa shape index (κ3) is 20.7. The van der Waals surface area contributed by atoms with Gasteiger partial charge in [-0.05, 0) is 79.8 Å². The van der Waals surface area contributed by atoms with Crippen molar-refractivity contribution in [3.63, 3.8) is 0 Å². The fraction of sp³-hybridized carbons (Fsp3) is 0.885. The highest BCUT2D eigenvalue weighted by Gasteiger charge is 2.24. The summed E-state index contributed by atoms with van der Waals surface area (Å²) < 4.78 is 16.3. The molecular formula is C26H54N4O6Si. The summed E-state index contributed by atoms with van der Waals surface area (Å²) in [5.74, 6) is 0. The number of unbranched alkanes of at least 4 members (excludes halogenated alkanes) is 1. The van der Waals surface area contributed by atoms with Crippen LogP contribution in [0.5, 0.6) is 0 Å². The van der Waals surface area contributed by atoms with E-state index in [0.717, 1.165) is 6.04 Å². The van der Waals surface area contributed by atoms with Crippen molar-refractivity contribution in [1.82, 2.24) is 15.1 Å². The maximum absolute atomic E-state index is 12.8. The molecule has 3 N–H and O–H groups in total. The van der Waals surface area contributed by atoms with Crippen LogP contribution in [0.15, 0.2) is 0 Å². The number of alkyl carbamates (subject to hydrolysis) is 1. The van der Waals surface area contributed by atoms with Crippen molar-refractivity contribution in [2.45, 2.75) is 104 Å². The van der Waals surface area contributed by atoms with Gasteiger partial charge in [-0.25, -0.2) is 14.4 Å². The molecule has 0 heterocycles. The quantitative estimate of drug-likeness (QED) is 0.167. The molecule has 0 bridgehead atoms. The van der Waals surface area contributed by atoms with Crippen LogP contribution in [-0.2, 0) is 14.2 Å². The summed E-state index contributed by atoms with van der Waals surface area (Å²) in [6.45, 7) is 21.0. The van der Waals surface area contributed by atoms with Crippen LogP contribution in [0, 0.1) is 0 Å². The molecule has 0 aliphatic rings. The van der Waals surface area contributed by atoms with Crippen LogP contribution in [0.25, 0.3) is 0 Å². The van der Waals surface area contributed by atoms with E-state index in [1.807, 2.05) is 41.5 Å². The van der Waals surface area contributed by atoms with Gasteiger partial charge in [-0.15, -0.1) is 0 Å². The van der Waals surface area contributed by atoms with Gasteiger partial charge in [-0.2, -0.15) is 0 Å².